The highest BCUT2D eigenvalue weighted by Gasteiger charge is 2.34. The summed E-state index contributed by atoms with van der Waals surface area (Å²) in [6.45, 7) is 3.59. The van der Waals surface area contributed by atoms with Gasteiger partial charge in [0.1, 0.15) is 17.5 Å². The van der Waals surface area contributed by atoms with E-state index < -0.39 is 17.6 Å². The van der Waals surface area contributed by atoms with Crippen LogP contribution < -0.4 is 19.6 Å². The van der Waals surface area contributed by atoms with Gasteiger partial charge in [-0.2, -0.15) is 0 Å². The molecule has 0 radical (unpaired) electrons. The first-order chi connectivity index (χ1) is 16.3. The summed E-state index contributed by atoms with van der Waals surface area (Å²) in [5.74, 6) is -0.243. The van der Waals surface area contributed by atoms with Crippen molar-refractivity contribution >= 4 is 46.6 Å². The second-order valence-electron chi connectivity index (χ2n) is 7.37. The number of halogens is 2. The molecule has 0 saturated heterocycles. The van der Waals surface area contributed by atoms with Crippen LogP contribution in [-0.4, -0.2) is 29.4 Å². The molecule has 0 fully saturated rings. The molecule has 176 valence electrons. The van der Waals surface area contributed by atoms with E-state index in [0.717, 1.165) is 11.3 Å². The molecule has 1 aliphatic rings. The largest absolute Gasteiger partial charge is 0.506 e. The average molecular weight is 519 g/mol. The minimum Gasteiger partial charge on any atom is -0.506 e. The number of aromatic hydroxyl groups is 1. The van der Waals surface area contributed by atoms with Gasteiger partial charge in [-0.3, -0.25) is 9.36 Å². The number of esters is 1. The molecule has 3 aromatic rings. The summed E-state index contributed by atoms with van der Waals surface area (Å²) in [5, 5.41) is 10.7. The normalized spacial score (nSPS) is 15.7. The Bertz CT molecular complexity index is 1510. The molecule has 1 atom stereocenters. The van der Waals surface area contributed by atoms with Gasteiger partial charge < -0.3 is 14.6 Å². The maximum absolute atomic E-state index is 13.6. The number of carbonyl (C=O) groups excluding carboxylic acids is 1. The average Bonchev–Trinajstić information content (AvgIpc) is 3.10. The molecular weight excluding hydrogens is 499 g/mol. The number of allylic oxidation sites excluding steroid dienone is 1. The third-order valence-electron chi connectivity index (χ3n) is 5.29. The number of carbonyl (C=O) groups is 1. The van der Waals surface area contributed by atoms with Crippen molar-refractivity contribution < 1.29 is 19.4 Å². The first-order valence-electron chi connectivity index (χ1n) is 10.3. The Morgan fingerprint density at radius 1 is 1.29 bits per heavy atom. The fraction of sp³-hybridized carbons (Fsp3) is 0.208. The van der Waals surface area contributed by atoms with Gasteiger partial charge >= 0.3 is 5.97 Å². The first kappa shape index (κ1) is 24.1. The van der Waals surface area contributed by atoms with Crippen LogP contribution in [0.15, 0.2) is 57.5 Å². The van der Waals surface area contributed by atoms with E-state index in [2.05, 4.69) is 4.99 Å². The topological polar surface area (TPSA) is 90.1 Å². The smallest absolute Gasteiger partial charge is 0.338 e. The highest BCUT2D eigenvalue weighted by Crippen LogP contribution is 2.36. The Balaban J connectivity index is 2.02. The van der Waals surface area contributed by atoms with Gasteiger partial charge in [-0.1, -0.05) is 52.7 Å². The zero-order valence-electron chi connectivity index (χ0n) is 18.5. The van der Waals surface area contributed by atoms with Gasteiger partial charge in [-0.25, -0.2) is 9.79 Å². The fourth-order valence-corrected chi connectivity index (χ4v) is 5.36. The number of phenolic OH excluding ortho intramolecular Hbond substituents is 1. The van der Waals surface area contributed by atoms with Gasteiger partial charge in [0.25, 0.3) is 5.56 Å². The second-order valence-corrected chi connectivity index (χ2v) is 9.22. The molecule has 2 heterocycles. The van der Waals surface area contributed by atoms with Crippen LogP contribution >= 0.6 is 34.5 Å². The minimum atomic E-state index is -0.815. The molecule has 1 unspecified atom stereocenters. The van der Waals surface area contributed by atoms with E-state index in [1.807, 2.05) is 0 Å². The van der Waals surface area contributed by atoms with Crippen molar-refractivity contribution in [1.29, 1.82) is 0 Å². The van der Waals surface area contributed by atoms with Crippen LogP contribution in [0, 0.1) is 0 Å². The molecule has 0 bridgehead atoms. The third-order valence-corrected chi connectivity index (χ3v) is 6.78. The van der Waals surface area contributed by atoms with E-state index >= 15 is 0 Å². The fourth-order valence-electron chi connectivity index (χ4n) is 3.82. The van der Waals surface area contributed by atoms with Crippen molar-refractivity contribution in [2.45, 2.75) is 19.9 Å². The van der Waals surface area contributed by atoms with E-state index in [0.29, 0.717) is 26.8 Å². The van der Waals surface area contributed by atoms with Crippen molar-refractivity contribution in [3.8, 4) is 11.5 Å². The summed E-state index contributed by atoms with van der Waals surface area (Å²) in [6, 6.07) is 9.26. The van der Waals surface area contributed by atoms with Crippen molar-refractivity contribution in [3.63, 3.8) is 0 Å². The van der Waals surface area contributed by atoms with Crippen molar-refractivity contribution in [2.24, 2.45) is 4.99 Å². The van der Waals surface area contributed by atoms with Gasteiger partial charge in [0.05, 0.1) is 34.5 Å². The number of hydrogen-bond acceptors (Lipinski definition) is 7. The minimum absolute atomic E-state index is 0.0684. The predicted octanol–water partition coefficient (Wildman–Crippen LogP) is 3.82. The highest BCUT2D eigenvalue weighted by atomic mass is 35.5. The lowest BCUT2D eigenvalue weighted by atomic mass is 9.95. The predicted molar refractivity (Wildman–Crippen MR) is 132 cm³/mol. The molecule has 1 N–H and O–H groups in total. The molecule has 34 heavy (non-hydrogen) atoms. The lowest BCUT2D eigenvalue weighted by molar-refractivity contribution is -0.139. The standard InChI is InChI=1S/C24H20Cl2N2O5S/c1-4-33-23(31)19-12(2)27-24-28(20(19)15-7-5-6-8-17(15)32-3)22(30)18(34-24)10-13-9-14(25)11-16(26)21(13)29/h5-11,20,29H,4H2,1-3H3/b18-10+. The van der Waals surface area contributed by atoms with Gasteiger partial charge in [-0.05, 0) is 38.1 Å². The van der Waals surface area contributed by atoms with Crippen LogP contribution in [0.4, 0.5) is 0 Å². The van der Waals surface area contributed by atoms with Gasteiger partial charge in [0.15, 0.2) is 4.80 Å². The number of fused-ring (bicyclic) bond motifs is 1. The van der Waals surface area contributed by atoms with Gasteiger partial charge in [-0.15, -0.1) is 0 Å². The number of benzene rings is 2. The van der Waals surface area contributed by atoms with Crippen molar-refractivity contribution in [1.82, 2.24) is 4.57 Å². The van der Waals surface area contributed by atoms with Crippen LogP contribution in [0.25, 0.3) is 6.08 Å². The van der Waals surface area contributed by atoms with Gasteiger partial charge in [0, 0.05) is 16.1 Å². The lowest BCUT2D eigenvalue weighted by Gasteiger charge is -2.25. The van der Waals surface area contributed by atoms with Crippen LogP contribution in [0.3, 0.4) is 0 Å². The molecule has 10 heteroatoms. The van der Waals surface area contributed by atoms with Crippen molar-refractivity contribution in [3.05, 3.63) is 88.5 Å². The summed E-state index contributed by atoms with van der Waals surface area (Å²) >= 11 is 13.2. The lowest BCUT2D eigenvalue weighted by Crippen LogP contribution is -2.40. The number of para-hydroxylation sites is 1. The summed E-state index contributed by atoms with van der Waals surface area (Å²) < 4.78 is 12.6. The molecule has 0 amide bonds. The Hall–Kier alpha value is -3.07. The number of nitrogens with zero attached hydrogens (tertiary/aromatic N) is 2. The number of aromatic nitrogens is 1. The number of methoxy groups -OCH3 is 1. The molecule has 0 aliphatic carbocycles. The Kier molecular flexibility index (Phi) is 6.84. The van der Waals surface area contributed by atoms with E-state index in [1.165, 1.54) is 29.9 Å². The summed E-state index contributed by atoms with van der Waals surface area (Å²) in [7, 11) is 1.52. The number of hydrogen-bond donors (Lipinski definition) is 1. The van der Waals surface area contributed by atoms with Gasteiger partial charge in [0.2, 0.25) is 0 Å². The van der Waals surface area contributed by atoms with E-state index in [9.17, 15) is 14.7 Å². The summed E-state index contributed by atoms with van der Waals surface area (Å²) in [6.07, 6.45) is 1.50. The second kappa shape index (κ2) is 9.66. The number of rotatable bonds is 5. The molecule has 0 spiro atoms. The quantitative estimate of drug-likeness (QED) is 0.518. The maximum atomic E-state index is 13.6. The van der Waals surface area contributed by atoms with E-state index in [-0.39, 0.29) is 33.0 Å². The number of phenols is 1. The van der Waals surface area contributed by atoms with Crippen LogP contribution in [0.1, 0.15) is 31.0 Å². The number of thiazole rings is 1. The van der Waals surface area contributed by atoms with Crippen LogP contribution in [0.5, 0.6) is 11.5 Å². The van der Waals surface area contributed by atoms with Crippen LogP contribution in [-0.2, 0) is 9.53 Å². The molecule has 1 aliphatic heterocycles. The molecule has 2 aromatic carbocycles. The summed E-state index contributed by atoms with van der Waals surface area (Å²) in [5.41, 5.74) is 1.20. The molecular formula is C24H20Cl2N2O5S. The van der Waals surface area contributed by atoms with Crippen molar-refractivity contribution in [2.75, 3.05) is 13.7 Å². The Morgan fingerprint density at radius 2 is 2.03 bits per heavy atom. The number of ether oxygens (including phenoxy) is 2. The Labute approximate surface area is 208 Å². The zero-order valence-corrected chi connectivity index (χ0v) is 20.8. The Morgan fingerprint density at radius 3 is 2.74 bits per heavy atom. The first-order valence-corrected chi connectivity index (χ1v) is 11.8. The molecule has 4 rings (SSSR count). The highest BCUT2D eigenvalue weighted by molar-refractivity contribution is 7.07. The van der Waals surface area contributed by atoms with E-state index in [4.69, 9.17) is 32.7 Å². The monoisotopic (exact) mass is 518 g/mol. The maximum Gasteiger partial charge on any atom is 0.338 e. The zero-order chi connectivity index (χ0) is 24.6. The van der Waals surface area contributed by atoms with E-state index in [1.54, 1.807) is 38.1 Å². The third kappa shape index (κ3) is 4.24. The van der Waals surface area contributed by atoms with Crippen LogP contribution in [0.2, 0.25) is 10.0 Å². The molecule has 0 saturated carbocycles. The SMILES string of the molecule is CCOC(=O)C1=C(C)N=c2s/c(=C/c3cc(Cl)cc(Cl)c3O)c(=O)n2C1c1ccccc1OC. The molecule has 7 nitrogen and oxygen atoms in total. The molecule has 1 aromatic heterocycles. The summed E-state index contributed by atoms with van der Waals surface area (Å²) in [4.78, 5) is 31.5.